The Labute approximate surface area is 198 Å². The third kappa shape index (κ3) is 4.88. The average molecular weight is 442 g/mol. The van der Waals surface area contributed by atoms with E-state index in [0.29, 0.717) is 5.92 Å². The van der Waals surface area contributed by atoms with Crippen molar-refractivity contribution in [3.05, 3.63) is 83.8 Å². The van der Waals surface area contributed by atoms with E-state index in [1.165, 1.54) is 49.9 Å². The van der Waals surface area contributed by atoms with Crippen molar-refractivity contribution in [3.8, 4) is 0 Å². The van der Waals surface area contributed by atoms with E-state index in [1.807, 2.05) is 24.5 Å². The molecule has 2 saturated heterocycles. The van der Waals surface area contributed by atoms with E-state index in [2.05, 4.69) is 63.5 Å². The molecular formula is C28H35N5. The van der Waals surface area contributed by atoms with Crippen LogP contribution in [0.25, 0.3) is 5.70 Å². The number of hydrogen-bond donors (Lipinski definition) is 0. The summed E-state index contributed by atoms with van der Waals surface area (Å²) in [4.78, 5) is 16.5. The lowest BCUT2D eigenvalue weighted by Gasteiger charge is -2.41. The summed E-state index contributed by atoms with van der Waals surface area (Å²) in [5, 5.41) is 0. The van der Waals surface area contributed by atoms with Crippen LogP contribution in [-0.4, -0.2) is 58.4 Å². The Hall–Kier alpha value is -2.92. The first-order valence-electron chi connectivity index (χ1n) is 12.4. The second-order valence-electron chi connectivity index (χ2n) is 9.42. The summed E-state index contributed by atoms with van der Waals surface area (Å²) >= 11 is 0. The average Bonchev–Trinajstić information content (AvgIpc) is 3.38. The highest BCUT2D eigenvalue weighted by Gasteiger charge is 2.29. The molecule has 33 heavy (non-hydrogen) atoms. The van der Waals surface area contributed by atoms with Gasteiger partial charge in [-0.2, -0.15) is 0 Å². The third-order valence-electron chi connectivity index (χ3n) is 7.16. The van der Waals surface area contributed by atoms with E-state index in [0.717, 1.165) is 49.1 Å². The van der Waals surface area contributed by atoms with Gasteiger partial charge >= 0.3 is 0 Å². The largest absolute Gasteiger partial charge is 0.342 e. The van der Waals surface area contributed by atoms with E-state index < -0.39 is 0 Å². The maximum absolute atomic E-state index is 5.11. The normalized spacial score (nSPS) is 21.8. The minimum Gasteiger partial charge on any atom is -0.342 e. The van der Waals surface area contributed by atoms with Gasteiger partial charge in [-0.05, 0) is 75.0 Å². The van der Waals surface area contributed by atoms with Gasteiger partial charge in [-0.25, -0.2) is 4.99 Å². The molecule has 1 aromatic heterocycles. The van der Waals surface area contributed by atoms with Gasteiger partial charge in [-0.1, -0.05) is 30.8 Å². The van der Waals surface area contributed by atoms with Crippen molar-refractivity contribution in [1.82, 2.24) is 19.7 Å². The van der Waals surface area contributed by atoms with Gasteiger partial charge in [0.05, 0.1) is 5.70 Å². The van der Waals surface area contributed by atoms with Crippen LogP contribution in [0.5, 0.6) is 0 Å². The lowest BCUT2D eigenvalue weighted by molar-refractivity contribution is 0.278. The SMILES string of the molecule is C=C1C=C(c2ccncc2)N=C(N2CCCC(c3ccc(CN4CCCC4)cc3)C2)N1CC. The van der Waals surface area contributed by atoms with E-state index in [9.17, 15) is 0 Å². The van der Waals surface area contributed by atoms with Gasteiger partial charge in [0, 0.05) is 55.8 Å². The molecule has 1 unspecified atom stereocenters. The number of rotatable bonds is 5. The zero-order valence-corrected chi connectivity index (χ0v) is 19.8. The van der Waals surface area contributed by atoms with Gasteiger partial charge in [0.2, 0.25) is 5.96 Å². The minimum absolute atomic E-state index is 0.532. The first-order chi connectivity index (χ1) is 16.2. The summed E-state index contributed by atoms with van der Waals surface area (Å²) in [5.74, 6) is 1.57. The van der Waals surface area contributed by atoms with Crippen LogP contribution in [0, 0.1) is 0 Å². The lowest BCUT2D eigenvalue weighted by atomic mass is 9.90. The van der Waals surface area contributed by atoms with Crippen LogP contribution < -0.4 is 0 Å². The van der Waals surface area contributed by atoms with Crippen LogP contribution in [0.3, 0.4) is 0 Å². The van der Waals surface area contributed by atoms with Crippen molar-refractivity contribution in [3.63, 3.8) is 0 Å². The highest BCUT2D eigenvalue weighted by atomic mass is 15.4. The van der Waals surface area contributed by atoms with Crippen molar-refractivity contribution in [2.75, 3.05) is 32.7 Å². The first-order valence-corrected chi connectivity index (χ1v) is 12.4. The summed E-state index contributed by atoms with van der Waals surface area (Å²) in [6.07, 6.45) is 10.8. The lowest BCUT2D eigenvalue weighted by Crippen LogP contribution is -2.48. The second-order valence-corrected chi connectivity index (χ2v) is 9.42. The molecule has 0 radical (unpaired) electrons. The molecule has 0 spiro atoms. The second kappa shape index (κ2) is 9.92. The fourth-order valence-corrected chi connectivity index (χ4v) is 5.35. The molecule has 1 aromatic carbocycles. The van der Waals surface area contributed by atoms with Crippen LogP contribution in [0.2, 0.25) is 0 Å². The Morgan fingerprint density at radius 2 is 1.73 bits per heavy atom. The monoisotopic (exact) mass is 441 g/mol. The standard InChI is InChI=1S/C28H35N5/c1-3-33-22(2)19-27(25-12-14-29-15-13-25)30-28(33)32-18-6-7-26(21-32)24-10-8-23(9-11-24)20-31-16-4-5-17-31/h8-15,19,26H,2-7,16-18,20-21H2,1H3. The van der Waals surface area contributed by atoms with Gasteiger partial charge in [0.15, 0.2) is 0 Å². The highest BCUT2D eigenvalue weighted by molar-refractivity contribution is 5.91. The summed E-state index contributed by atoms with van der Waals surface area (Å²) < 4.78 is 0. The van der Waals surface area contributed by atoms with Crippen molar-refractivity contribution < 1.29 is 0 Å². The van der Waals surface area contributed by atoms with E-state index in [1.54, 1.807) is 0 Å². The number of pyridine rings is 1. The molecule has 0 saturated carbocycles. The van der Waals surface area contributed by atoms with Crippen LogP contribution in [0.1, 0.15) is 55.2 Å². The number of likely N-dealkylation sites (tertiary alicyclic amines) is 2. The van der Waals surface area contributed by atoms with Crippen LogP contribution in [-0.2, 0) is 6.54 Å². The molecule has 4 heterocycles. The van der Waals surface area contributed by atoms with Crippen LogP contribution in [0.4, 0.5) is 0 Å². The maximum atomic E-state index is 5.11. The molecular weight excluding hydrogens is 406 g/mol. The summed E-state index contributed by atoms with van der Waals surface area (Å²) in [6, 6.07) is 13.4. The minimum atomic E-state index is 0.532. The van der Waals surface area contributed by atoms with Crippen molar-refractivity contribution in [2.45, 2.75) is 45.1 Å². The third-order valence-corrected chi connectivity index (χ3v) is 7.16. The Morgan fingerprint density at radius 1 is 0.970 bits per heavy atom. The van der Waals surface area contributed by atoms with Crippen molar-refractivity contribution in [2.24, 2.45) is 4.99 Å². The molecule has 2 fully saturated rings. The van der Waals surface area contributed by atoms with Crippen molar-refractivity contribution >= 4 is 11.7 Å². The Kier molecular flexibility index (Phi) is 6.58. The van der Waals surface area contributed by atoms with Gasteiger partial charge in [0.25, 0.3) is 0 Å². The number of piperidine rings is 1. The van der Waals surface area contributed by atoms with E-state index in [-0.39, 0.29) is 0 Å². The quantitative estimate of drug-likeness (QED) is 0.646. The van der Waals surface area contributed by atoms with Crippen LogP contribution >= 0.6 is 0 Å². The first kappa shape index (κ1) is 21.9. The fourth-order valence-electron chi connectivity index (χ4n) is 5.35. The maximum Gasteiger partial charge on any atom is 0.206 e. The van der Waals surface area contributed by atoms with Gasteiger partial charge in [-0.3, -0.25) is 9.88 Å². The molecule has 2 aromatic rings. The van der Waals surface area contributed by atoms with Gasteiger partial charge in [0.1, 0.15) is 0 Å². The molecule has 0 amide bonds. The Morgan fingerprint density at radius 3 is 2.45 bits per heavy atom. The number of allylic oxidation sites excluding steroid dienone is 1. The molecule has 0 aliphatic carbocycles. The predicted molar refractivity (Wildman–Crippen MR) is 136 cm³/mol. The van der Waals surface area contributed by atoms with E-state index >= 15 is 0 Å². The fraction of sp³-hybridized carbons (Fsp3) is 0.429. The Balaban J connectivity index is 1.33. The molecule has 0 bridgehead atoms. The summed E-state index contributed by atoms with van der Waals surface area (Å²) in [5.41, 5.74) is 5.94. The number of guanidine groups is 1. The molecule has 0 N–H and O–H groups in total. The van der Waals surface area contributed by atoms with Crippen molar-refractivity contribution in [1.29, 1.82) is 0 Å². The molecule has 3 aliphatic rings. The number of benzene rings is 1. The van der Waals surface area contributed by atoms with Gasteiger partial charge < -0.3 is 9.80 Å². The molecule has 3 aliphatic heterocycles. The number of aromatic nitrogens is 1. The number of likely N-dealkylation sites (N-methyl/N-ethyl adjacent to an activating group) is 1. The molecule has 1 atom stereocenters. The molecule has 5 rings (SSSR count). The zero-order valence-electron chi connectivity index (χ0n) is 19.8. The zero-order chi connectivity index (χ0) is 22.6. The summed E-state index contributed by atoms with van der Waals surface area (Å²) in [7, 11) is 0. The topological polar surface area (TPSA) is 35.0 Å². The van der Waals surface area contributed by atoms with E-state index in [4.69, 9.17) is 4.99 Å². The summed E-state index contributed by atoms with van der Waals surface area (Å²) in [6.45, 7) is 13.0. The molecule has 5 heteroatoms. The number of nitrogens with zero attached hydrogens (tertiary/aromatic N) is 5. The Bertz CT molecular complexity index is 1020. The smallest absolute Gasteiger partial charge is 0.206 e. The molecule has 5 nitrogen and oxygen atoms in total. The number of hydrogen-bond acceptors (Lipinski definition) is 5. The molecule has 172 valence electrons. The predicted octanol–water partition coefficient (Wildman–Crippen LogP) is 5.10. The van der Waals surface area contributed by atoms with Crippen LogP contribution in [0.15, 0.2) is 72.1 Å². The highest BCUT2D eigenvalue weighted by Crippen LogP contribution is 2.31. The van der Waals surface area contributed by atoms with Gasteiger partial charge in [-0.15, -0.1) is 0 Å². The number of aliphatic imine (C=N–C) groups is 1.